The van der Waals surface area contributed by atoms with Crippen molar-refractivity contribution in [2.24, 2.45) is 11.8 Å². The molecule has 0 radical (unpaired) electrons. The Hall–Kier alpha value is -2.09. The number of carboxylic acids is 1. The first-order valence-corrected chi connectivity index (χ1v) is 9.82. The Labute approximate surface area is 166 Å². The third kappa shape index (κ3) is 5.95. The number of hydrogen-bond acceptors (Lipinski definition) is 4. The molecule has 2 amide bonds. The maximum absolute atomic E-state index is 12.2. The van der Waals surface area contributed by atoms with Crippen molar-refractivity contribution < 1.29 is 24.2 Å². The summed E-state index contributed by atoms with van der Waals surface area (Å²) in [5.74, 6) is -2.40. The summed E-state index contributed by atoms with van der Waals surface area (Å²) in [6.07, 6.45) is 2.58. The predicted octanol–water partition coefficient (Wildman–Crippen LogP) is 2.99. The second-order valence-corrected chi connectivity index (χ2v) is 7.86. The molecule has 1 aromatic carbocycles. The zero-order chi connectivity index (χ0) is 20.0. The van der Waals surface area contributed by atoms with E-state index in [-0.39, 0.29) is 6.61 Å². The second-order valence-electron chi connectivity index (χ2n) is 7.01. The number of carbonyl (C=O) groups excluding carboxylic acids is 2. The van der Waals surface area contributed by atoms with E-state index in [1.165, 1.54) is 0 Å². The largest absolute Gasteiger partial charge is 0.483 e. The first-order valence-electron chi connectivity index (χ1n) is 9.03. The van der Waals surface area contributed by atoms with Crippen LogP contribution in [0.4, 0.5) is 0 Å². The van der Waals surface area contributed by atoms with Crippen molar-refractivity contribution in [2.45, 2.75) is 45.4 Å². The van der Waals surface area contributed by atoms with Gasteiger partial charge in [-0.2, -0.15) is 0 Å². The quantitative estimate of drug-likeness (QED) is 0.589. The lowest BCUT2D eigenvalue weighted by atomic mass is 9.79. The van der Waals surface area contributed by atoms with Gasteiger partial charge in [-0.15, -0.1) is 0 Å². The summed E-state index contributed by atoms with van der Waals surface area (Å²) in [6.45, 7) is 3.90. The van der Waals surface area contributed by atoms with E-state index in [0.29, 0.717) is 24.5 Å². The molecule has 0 saturated heterocycles. The molecule has 27 heavy (non-hydrogen) atoms. The lowest BCUT2D eigenvalue weighted by molar-refractivity contribution is -0.149. The highest BCUT2D eigenvalue weighted by Crippen LogP contribution is 2.30. The van der Waals surface area contributed by atoms with Crippen LogP contribution >= 0.6 is 15.9 Å². The number of amides is 2. The van der Waals surface area contributed by atoms with Crippen LogP contribution in [-0.2, 0) is 14.4 Å². The van der Waals surface area contributed by atoms with Crippen LogP contribution in [0.3, 0.4) is 0 Å². The molecule has 1 saturated carbocycles. The average Bonchev–Trinajstić information content (AvgIpc) is 2.64. The van der Waals surface area contributed by atoms with Gasteiger partial charge in [0, 0.05) is 0 Å². The van der Waals surface area contributed by atoms with Crippen LogP contribution in [0.1, 0.15) is 51.0 Å². The Kier molecular flexibility index (Phi) is 7.65. The zero-order valence-corrected chi connectivity index (χ0v) is 17.0. The lowest BCUT2D eigenvalue weighted by Gasteiger charge is -2.27. The summed E-state index contributed by atoms with van der Waals surface area (Å²) in [5.41, 5.74) is 5.75. The molecule has 0 spiro atoms. The van der Waals surface area contributed by atoms with E-state index in [0.717, 1.165) is 22.9 Å². The molecule has 1 aliphatic rings. The third-order valence-corrected chi connectivity index (χ3v) is 5.35. The smallest absolute Gasteiger partial charge is 0.307 e. The van der Waals surface area contributed by atoms with Gasteiger partial charge in [0.15, 0.2) is 6.61 Å². The number of benzene rings is 1. The van der Waals surface area contributed by atoms with Gasteiger partial charge in [0.05, 0.1) is 16.3 Å². The van der Waals surface area contributed by atoms with Gasteiger partial charge in [0.1, 0.15) is 5.75 Å². The average molecular weight is 441 g/mol. The standard InChI is InChI=1S/C19H25BrN2O5/c1-11(2)12-7-8-16(15(20)9-12)27-10-17(23)21-22-18(24)13-5-3-4-6-14(13)19(25)26/h7-9,11,13-14H,3-6,10H2,1-2H3,(H,21,23)(H,22,24)(H,25,26). The number of carboxylic acid groups (broad SMARTS) is 1. The van der Waals surface area contributed by atoms with Gasteiger partial charge in [0.2, 0.25) is 5.91 Å². The van der Waals surface area contributed by atoms with E-state index in [9.17, 15) is 19.5 Å². The number of rotatable bonds is 6. The molecule has 148 valence electrons. The molecule has 0 aliphatic heterocycles. The van der Waals surface area contributed by atoms with Crippen LogP contribution in [0, 0.1) is 11.8 Å². The van der Waals surface area contributed by atoms with Crippen LogP contribution in [0.25, 0.3) is 0 Å². The monoisotopic (exact) mass is 440 g/mol. The number of ether oxygens (including phenoxy) is 1. The van der Waals surface area contributed by atoms with E-state index in [1.54, 1.807) is 6.07 Å². The molecular formula is C19H25BrN2O5. The van der Waals surface area contributed by atoms with Crippen LogP contribution in [0.2, 0.25) is 0 Å². The van der Waals surface area contributed by atoms with Crippen molar-refractivity contribution >= 4 is 33.7 Å². The Morgan fingerprint density at radius 1 is 1.19 bits per heavy atom. The minimum atomic E-state index is -0.973. The van der Waals surface area contributed by atoms with E-state index in [2.05, 4.69) is 40.6 Å². The number of carbonyl (C=O) groups is 3. The van der Waals surface area contributed by atoms with Crippen molar-refractivity contribution in [3.8, 4) is 5.75 Å². The number of hydrazine groups is 1. The number of aliphatic carboxylic acids is 1. The minimum Gasteiger partial charge on any atom is -0.483 e. The number of hydrogen-bond donors (Lipinski definition) is 3. The van der Waals surface area contributed by atoms with Gasteiger partial charge in [-0.3, -0.25) is 25.2 Å². The Balaban J connectivity index is 1.82. The highest BCUT2D eigenvalue weighted by molar-refractivity contribution is 9.10. The van der Waals surface area contributed by atoms with Crippen molar-refractivity contribution in [2.75, 3.05) is 6.61 Å². The first kappa shape index (κ1) is 21.2. The van der Waals surface area contributed by atoms with Gasteiger partial charge in [-0.05, 0) is 52.4 Å². The molecular weight excluding hydrogens is 416 g/mol. The summed E-state index contributed by atoms with van der Waals surface area (Å²) in [6, 6.07) is 5.65. The van der Waals surface area contributed by atoms with Gasteiger partial charge in [0.25, 0.3) is 5.91 Å². The molecule has 1 aromatic rings. The van der Waals surface area contributed by atoms with Crippen molar-refractivity contribution in [1.29, 1.82) is 0 Å². The molecule has 0 aromatic heterocycles. The Bertz CT molecular complexity index is 707. The molecule has 2 atom stereocenters. The van der Waals surface area contributed by atoms with Crippen LogP contribution in [0.5, 0.6) is 5.75 Å². The zero-order valence-electron chi connectivity index (χ0n) is 15.5. The molecule has 0 bridgehead atoms. The molecule has 0 heterocycles. The number of nitrogens with one attached hydrogen (secondary N) is 2. The van der Waals surface area contributed by atoms with Gasteiger partial charge >= 0.3 is 5.97 Å². The summed E-state index contributed by atoms with van der Waals surface area (Å²) in [7, 11) is 0. The summed E-state index contributed by atoms with van der Waals surface area (Å²) < 4.78 is 6.21. The highest BCUT2D eigenvalue weighted by atomic mass is 79.9. The van der Waals surface area contributed by atoms with Crippen LogP contribution in [0.15, 0.2) is 22.7 Å². The molecule has 2 unspecified atom stereocenters. The fourth-order valence-electron chi connectivity index (χ4n) is 3.14. The minimum absolute atomic E-state index is 0.271. The topological polar surface area (TPSA) is 105 Å². The second kappa shape index (κ2) is 9.73. The normalized spacial score (nSPS) is 19.4. The van der Waals surface area contributed by atoms with Crippen LogP contribution < -0.4 is 15.6 Å². The van der Waals surface area contributed by atoms with Crippen LogP contribution in [-0.4, -0.2) is 29.5 Å². The van der Waals surface area contributed by atoms with Crippen molar-refractivity contribution in [1.82, 2.24) is 10.9 Å². The van der Waals surface area contributed by atoms with Gasteiger partial charge in [-0.25, -0.2) is 0 Å². The fraction of sp³-hybridized carbons (Fsp3) is 0.526. The van der Waals surface area contributed by atoms with Crippen molar-refractivity contribution in [3.05, 3.63) is 28.2 Å². The lowest BCUT2D eigenvalue weighted by Crippen LogP contribution is -2.49. The maximum atomic E-state index is 12.2. The Morgan fingerprint density at radius 3 is 2.44 bits per heavy atom. The first-order chi connectivity index (χ1) is 12.8. The van der Waals surface area contributed by atoms with E-state index >= 15 is 0 Å². The van der Waals surface area contributed by atoms with E-state index in [4.69, 9.17) is 4.74 Å². The molecule has 1 aliphatic carbocycles. The summed E-state index contributed by atoms with van der Waals surface area (Å²) in [5, 5.41) is 9.23. The Morgan fingerprint density at radius 2 is 1.85 bits per heavy atom. The molecule has 8 heteroatoms. The summed E-state index contributed by atoms with van der Waals surface area (Å²) >= 11 is 3.42. The molecule has 3 N–H and O–H groups in total. The maximum Gasteiger partial charge on any atom is 0.307 e. The molecule has 7 nitrogen and oxygen atoms in total. The number of halogens is 1. The van der Waals surface area contributed by atoms with Gasteiger partial charge < -0.3 is 9.84 Å². The highest BCUT2D eigenvalue weighted by Gasteiger charge is 2.35. The van der Waals surface area contributed by atoms with E-state index in [1.807, 2.05) is 12.1 Å². The van der Waals surface area contributed by atoms with Crippen molar-refractivity contribution in [3.63, 3.8) is 0 Å². The predicted molar refractivity (Wildman–Crippen MR) is 103 cm³/mol. The molecule has 1 fully saturated rings. The SMILES string of the molecule is CC(C)c1ccc(OCC(=O)NNC(=O)C2CCCCC2C(=O)O)c(Br)c1. The fourth-order valence-corrected chi connectivity index (χ4v) is 3.65. The van der Waals surface area contributed by atoms with E-state index < -0.39 is 29.6 Å². The van der Waals surface area contributed by atoms with Gasteiger partial charge in [-0.1, -0.05) is 32.8 Å². The molecule has 2 rings (SSSR count). The third-order valence-electron chi connectivity index (χ3n) is 4.73. The summed E-state index contributed by atoms with van der Waals surface area (Å²) in [4.78, 5) is 35.4.